The predicted molar refractivity (Wildman–Crippen MR) is 69.3 cm³/mol. The third kappa shape index (κ3) is 4.05. The average molecular weight is 254 g/mol. The van der Waals surface area contributed by atoms with Crippen LogP contribution < -0.4 is 10.6 Å². The lowest BCUT2D eigenvalue weighted by Gasteiger charge is -2.21. The van der Waals surface area contributed by atoms with E-state index in [4.69, 9.17) is 5.11 Å². The number of hydrogen-bond acceptors (Lipinski definition) is 2. The van der Waals surface area contributed by atoms with Gasteiger partial charge < -0.3 is 15.7 Å². The Bertz CT molecular complexity index is 341. The fourth-order valence-electron chi connectivity index (χ4n) is 1.90. The van der Waals surface area contributed by atoms with Crippen molar-refractivity contribution in [1.82, 2.24) is 10.6 Å². The first-order chi connectivity index (χ1) is 8.43. The molecular formula is C13H22N2O3. The Morgan fingerprint density at radius 1 is 1.39 bits per heavy atom. The molecule has 0 aromatic carbocycles. The number of carboxylic acid groups (broad SMARTS) is 1. The van der Waals surface area contributed by atoms with E-state index in [1.165, 1.54) is 0 Å². The van der Waals surface area contributed by atoms with E-state index >= 15 is 0 Å². The van der Waals surface area contributed by atoms with Crippen LogP contribution in [0, 0.1) is 11.8 Å². The molecule has 2 amide bonds. The lowest BCUT2D eigenvalue weighted by molar-refractivity contribution is -0.140. The topological polar surface area (TPSA) is 78.4 Å². The Labute approximate surface area is 108 Å². The normalized spacial score (nSPS) is 25.5. The first-order valence-electron chi connectivity index (χ1n) is 6.42. The highest BCUT2D eigenvalue weighted by molar-refractivity contribution is 5.76. The molecular weight excluding hydrogens is 232 g/mol. The van der Waals surface area contributed by atoms with Gasteiger partial charge in [0.05, 0.1) is 12.0 Å². The van der Waals surface area contributed by atoms with Gasteiger partial charge in [0.15, 0.2) is 0 Å². The van der Waals surface area contributed by atoms with Gasteiger partial charge in [-0.05, 0) is 19.3 Å². The maximum Gasteiger partial charge on any atom is 0.315 e. The van der Waals surface area contributed by atoms with Crippen molar-refractivity contribution in [2.75, 3.05) is 0 Å². The summed E-state index contributed by atoms with van der Waals surface area (Å²) in [6.07, 6.45) is 4.81. The fraction of sp³-hybridized carbons (Fsp3) is 0.692. The van der Waals surface area contributed by atoms with Crippen LogP contribution in [-0.2, 0) is 4.79 Å². The van der Waals surface area contributed by atoms with Crippen LogP contribution in [0.1, 0.15) is 33.6 Å². The second-order valence-corrected chi connectivity index (χ2v) is 4.96. The number of hydrogen-bond donors (Lipinski definition) is 3. The van der Waals surface area contributed by atoms with Crippen molar-refractivity contribution < 1.29 is 14.7 Å². The number of nitrogens with one attached hydrogen (secondary N) is 2. The van der Waals surface area contributed by atoms with E-state index in [0.717, 1.165) is 6.42 Å². The highest BCUT2D eigenvalue weighted by atomic mass is 16.4. The molecule has 4 unspecified atom stereocenters. The van der Waals surface area contributed by atoms with Crippen molar-refractivity contribution in [1.29, 1.82) is 0 Å². The van der Waals surface area contributed by atoms with Gasteiger partial charge in [-0.15, -0.1) is 0 Å². The van der Waals surface area contributed by atoms with E-state index in [-0.39, 0.29) is 18.1 Å². The largest absolute Gasteiger partial charge is 0.481 e. The lowest BCUT2D eigenvalue weighted by atomic mass is 10.0. The van der Waals surface area contributed by atoms with Crippen molar-refractivity contribution >= 4 is 12.0 Å². The standard InChI is InChI=1S/C13H22N2O3/c1-4-8(2)9(3)14-13(18)15-11-6-5-10(7-11)12(16)17/h5-6,8-11H,4,7H2,1-3H3,(H,16,17)(H2,14,15,18). The van der Waals surface area contributed by atoms with Gasteiger partial charge in [0.2, 0.25) is 0 Å². The molecule has 5 nitrogen and oxygen atoms in total. The minimum Gasteiger partial charge on any atom is -0.481 e. The van der Waals surface area contributed by atoms with Crippen LogP contribution in [0.15, 0.2) is 12.2 Å². The van der Waals surface area contributed by atoms with Crippen molar-refractivity contribution in [3.8, 4) is 0 Å². The zero-order valence-corrected chi connectivity index (χ0v) is 11.1. The van der Waals surface area contributed by atoms with Gasteiger partial charge in [-0.3, -0.25) is 4.79 Å². The molecule has 1 rings (SSSR count). The number of aliphatic carboxylic acids is 1. The van der Waals surface area contributed by atoms with Crippen LogP contribution in [0.25, 0.3) is 0 Å². The smallest absolute Gasteiger partial charge is 0.315 e. The van der Waals surface area contributed by atoms with Gasteiger partial charge in [-0.2, -0.15) is 0 Å². The number of urea groups is 1. The molecule has 102 valence electrons. The quantitative estimate of drug-likeness (QED) is 0.654. The molecule has 18 heavy (non-hydrogen) atoms. The molecule has 0 fully saturated rings. The number of carboxylic acids is 1. The highest BCUT2D eigenvalue weighted by Crippen LogP contribution is 2.17. The molecule has 4 atom stereocenters. The van der Waals surface area contributed by atoms with E-state index in [9.17, 15) is 9.59 Å². The lowest BCUT2D eigenvalue weighted by Crippen LogP contribution is -2.46. The molecule has 0 saturated heterocycles. The molecule has 1 aliphatic rings. The molecule has 0 aliphatic heterocycles. The maximum atomic E-state index is 11.7. The minimum absolute atomic E-state index is 0.107. The third-order valence-electron chi connectivity index (χ3n) is 3.57. The van der Waals surface area contributed by atoms with Crippen molar-refractivity contribution in [2.45, 2.75) is 45.7 Å². The van der Waals surface area contributed by atoms with Crippen LogP contribution in [-0.4, -0.2) is 29.2 Å². The van der Waals surface area contributed by atoms with E-state index in [2.05, 4.69) is 24.5 Å². The van der Waals surface area contributed by atoms with Crippen LogP contribution >= 0.6 is 0 Å². The van der Waals surface area contributed by atoms with Crippen LogP contribution in [0.4, 0.5) is 4.79 Å². The Kier molecular flexibility index (Phi) is 5.19. The molecule has 5 heteroatoms. The number of rotatable bonds is 5. The zero-order valence-electron chi connectivity index (χ0n) is 11.1. The van der Waals surface area contributed by atoms with Crippen LogP contribution in [0.3, 0.4) is 0 Å². The maximum absolute atomic E-state index is 11.7. The summed E-state index contributed by atoms with van der Waals surface area (Å²) in [5.41, 5.74) is 0. The van der Waals surface area contributed by atoms with E-state index in [1.54, 1.807) is 12.2 Å². The van der Waals surface area contributed by atoms with E-state index in [0.29, 0.717) is 12.3 Å². The van der Waals surface area contributed by atoms with E-state index in [1.807, 2.05) is 6.92 Å². The van der Waals surface area contributed by atoms with E-state index < -0.39 is 11.9 Å². The molecule has 0 saturated carbocycles. The zero-order chi connectivity index (χ0) is 13.7. The summed E-state index contributed by atoms with van der Waals surface area (Å²) in [6.45, 7) is 6.14. The van der Waals surface area contributed by atoms with Crippen molar-refractivity contribution in [3.63, 3.8) is 0 Å². The van der Waals surface area contributed by atoms with Gasteiger partial charge in [-0.25, -0.2) is 4.79 Å². The average Bonchev–Trinajstić information content (AvgIpc) is 2.76. The summed E-state index contributed by atoms with van der Waals surface area (Å²) in [6, 6.07) is -0.311. The summed E-state index contributed by atoms with van der Waals surface area (Å²) in [7, 11) is 0. The summed E-state index contributed by atoms with van der Waals surface area (Å²) in [4.78, 5) is 22.5. The molecule has 0 bridgehead atoms. The molecule has 0 spiro atoms. The molecule has 0 radical (unpaired) electrons. The molecule has 1 aliphatic carbocycles. The van der Waals surface area contributed by atoms with Gasteiger partial charge in [0.25, 0.3) is 0 Å². The van der Waals surface area contributed by atoms with Gasteiger partial charge in [0.1, 0.15) is 0 Å². The Hall–Kier alpha value is -1.52. The monoisotopic (exact) mass is 254 g/mol. The summed E-state index contributed by atoms with van der Waals surface area (Å²) < 4.78 is 0. The number of carbonyl (C=O) groups excluding carboxylic acids is 1. The molecule has 3 N–H and O–H groups in total. The Balaban J connectivity index is 2.34. The SMILES string of the molecule is CCC(C)C(C)NC(=O)NC1C=CC(C(=O)O)C1. The minimum atomic E-state index is -0.844. The molecule has 0 aromatic rings. The Morgan fingerprint density at radius 2 is 2.06 bits per heavy atom. The predicted octanol–water partition coefficient (Wildman–Crippen LogP) is 1.75. The fourth-order valence-corrected chi connectivity index (χ4v) is 1.90. The first kappa shape index (κ1) is 14.5. The van der Waals surface area contributed by atoms with Crippen molar-refractivity contribution in [2.24, 2.45) is 11.8 Å². The highest BCUT2D eigenvalue weighted by Gasteiger charge is 2.25. The second-order valence-electron chi connectivity index (χ2n) is 4.96. The number of carbonyl (C=O) groups is 2. The Morgan fingerprint density at radius 3 is 2.56 bits per heavy atom. The van der Waals surface area contributed by atoms with Crippen LogP contribution in [0.5, 0.6) is 0 Å². The summed E-state index contributed by atoms with van der Waals surface area (Å²) in [5, 5.41) is 14.5. The van der Waals surface area contributed by atoms with Crippen molar-refractivity contribution in [3.05, 3.63) is 12.2 Å². The first-order valence-corrected chi connectivity index (χ1v) is 6.42. The van der Waals surface area contributed by atoms with Crippen LogP contribution in [0.2, 0.25) is 0 Å². The van der Waals surface area contributed by atoms with Gasteiger partial charge >= 0.3 is 12.0 Å². The summed E-state index contributed by atoms with van der Waals surface area (Å²) >= 11 is 0. The van der Waals surface area contributed by atoms with Gasteiger partial charge in [0, 0.05) is 6.04 Å². The number of amides is 2. The molecule has 0 aromatic heterocycles. The van der Waals surface area contributed by atoms with Gasteiger partial charge in [-0.1, -0.05) is 32.4 Å². The second kappa shape index (κ2) is 6.42. The third-order valence-corrected chi connectivity index (χ3v) is 3.57. The molecule has 0 heterocycles. The summed E-state index contributed by atoms with van der Waals surface area (Å²) in [5.74, 6) is -0.909.